The second-order valence-corrected chi connectivity index (χ2v) is 2.36. The Morgan fingerprint density at radius 1 is 1.60 bits per heavy atom. The highest BCUT2D eigenvalue weighted by Crippen LogP contribution is 2.12. The lowest BCUT2D eigenvalue weighted by Gasteiger charge is -2.27. The summed E-state index contributed by atoms with van der Waals surface area (Å²) < 4.78 is 9.91. The van der Waals surface area contributed by atoms with Crippen LogP contribution in [0.25, 0.3) is 0 Å². The van der Waals surface area contributed by atoms with Gasteiger partial charge in [-0.2, -0.15) is 0 Å². The van der Waals surface area contributed by atoms with Crippen LogP contribution in [-0.2, 0) is 9.47 Å². The Kier molecular flexibility index (Phi) is 3.86. The molecule has 3 heteroatoms. The fourth-order valence-corrected chi connectivity index (χ4v) is 0.571. The van der Waals surface area contributed by atoms with Crippen LogP contribution in [0.4, 0.5) is 0 Å². The third-order valence-electron chi connectivity index (χ3n) is 1.58. The average Bonchev–Trinajstić information content (AvgIpc) is 1.89. The summed E-state index contributed by atoms with van der Waals surface area (Å²) in [5, 5.41) is 9.38. The largest absolute Gasteiger partial charge is 0.373 e. The normalized spacial score (nSPS) is 20.1. The van der Waals surface area contributed by atoms with Gasteiger partial charge < -0.3 is 14.6 Å². The second kappa shape index (κ2) is 3.91. The molecule has 0 fully saturated rings. The molecule has 0 aliphatic heterocycles. The zero-order valence-corrected chi connectivity index (χ0v) is 7.05. The van der Waals surface area contributed by atoms with E-state index < -0.39 is 5.79 Å². The first-order chi connectivity index (χ1) is 4.54. The van der Waals surface area contributed by atoms with Gasteiger partial charge in [0.05, 0.1) is 0 Å². The van der Waals surface area contributed by atoms with Crippen LogP contribution >= 0.6 is 0 Å². The first-order valence-corrected chi connectivity index (χ1v) is 3.43. The van der Waals surface area contributed by atoms with Crippen LogP contribution < -0.4 is 0 Å². The van der Waals surface area contributed by atoms with Crippen molar-refractivity contribution in [3.63, 3.8) is 0 Å². The van der Waals surface area contributed by atoms with E-state index in [9.17, 15) is 5.11 Å². The van der Waals surface area contributed by atoms with E-state index in [2.05, 4.69) is 0 Å². The molecular formula is C7H16O3. The predicted octanol–water partition coefficient (Wildman–Crippen LogP) is 0.766. The SMILES string of the molecule is CCOC(C)C(C)(O)OC. The van der Waals surface area contributed by atoms with Gasteiger partial charge >= 0.3 is 0 Å². The van der Waals surface area contributed by atoms with E-state index in [0.29, 0.717) is 6.61 Å². The molecule has 0 saturated heterocycles. The number of hydrogen-bond acceptors (Lipinski definition) is 3. The molecule has 10 heavy (non-hydrogen) atoms. The summed E-state index contributed by atoms with van der Waals surface area (Å²) >= 11 is 0. The Bertz CT molecular complexity index is 90.9. The van der Waals surface area contributed by atoms with E-state index in [-0.39, 0.29) is 6.10 Å². The van der Waals surface area contributed by atoms with Gasteiger partial charge in [0, 0.05) is 13.7 Å². The maximum absolute atomic E-state index is 9.38. The lowest BCUT2D eigenvalue weighted by atomic mass is 10.2. The zero-order valence-electron chi connectivity index (χ0n) is 7.05. The molecule has 0 radical (unpaired) electrons. The van der Waals surface area contributed by atoms with Gasteiger partial charge in [0.2, 0.25) is 0 Å². The molecule has 0 aliphatic carbocycles. The Morgan fingerprint density at radius 2 is 2.10 bits per heavy atom. The summed E-state index contributed by atoms with van der Waals surface area (Å²) in [5.41, 5.74) is 0. The molecule has 0 saturated carbocycles. The lowest BCUT2D eigenvalue weighted by Crippen LogP contribution is -2.40. The molecular weight excluding hydrogens is 132 g/mol. The fourth-order valence-electron chi connectivity index (χ4n) is 0.571. The summed E-state index contributed by atoms with van der Waals surface area (Å²) in [6.07, 6.45) is -0.289. The van der Waals surface area contributed by atoms with E-state index in [1.165, 1.54) is 7.11 Å². The minimum Gasteiger partial charge on any atom is -0.373 e. The quantitative estimate of drug-likeness (QED) is 0.598. The molecule has 0 aromatic rings. The number of ether oxygens (including phenoxy) is 2. The Hall–Kier alpha value is -0.120. The van der Waals surface area contributed by atoms with Crippen molar-refractivity contribution in [1.82, 2.24) is 0 Å². The highest BCUT2D eigenvalue weighted by atomic mass is 16.6. The monoisotopic (exact) mass is 148 g/mol. The van der Waals surface area contributed by atoms with Crippen LogP contribution in [0.15, 0.2) is 0 Å². The van der Waals surface area contributed by atoms with E-state index in [0.717, 1.165) is 0 Å². The molecule has 62 valence electrons. The van der Waals surface area contributed by atoms with Gasteiger partial charge in [-0.25, -0.2) is 0 Å². The zero-order chi connectivity index (χ0) is 8.20. The summed E-state index contributed by atoms with van der Waals surface area (Å²) in [6, 6.07) is 0. The Balaban J connectivity index is 3.78. The summed E-state index contributed by atoms with van der Waals surface area (Å²) in [7, 11) is 1.45. The van der Waals surface area contributed by atoms with Gasteiger partial charge in [0.15, 0.2) is 5.79 Å². The van der Waals surface area contributed by atoms with Crippen molar-refractivity contribution >= 4 is 0 Å². The van der Waals surface area contributed by atoms with E-state index in [1.807, 2.05) is 6.92 Å². The minimum atomic E-state index is -1.17. The van der Waals surface area contributed by atoms with E-state index in [1.54, 1.807) is 13.8 Å². The van der Waals surface area contributed by atoms with E-state index in [4.69, 9.17) is 9.47 Å². The maximum atomic E-state index is 9.38. The van der Waals surface area contributed by atoms with E-state index >= 15 is 0 Å². The van der Waals surface area contributed by atoms with Gasteiger partial charge in [-0.3, -0.25) is 0 Å². The molecule has 0 aromatic carbocycles. The molecule has 0 rings (SSSR count). The van der Waals surface area contributed by atoms with Gasteiger partial charge in [-0.05, 0) is 20.8 Å². The molecule has 0 heterocycles. The van der Waals surface area contributed by atoms with Gasteiger partial charge in [0.25, 0.3) is 0 Å². The standard InChI is InChI=1S/C7H16O3/c1-5-10-6(2)7(3,8)9-4/h6,8H,5H2,1-4H3. The molecule has 0 aliphatic rings. The molecule has 3 nitrogen and oxygen atoms in total. The summed E-state index contributed by atoms with van der Waals surface area (Å²) in [4.78, 5) is 0. The number of methoxy groups -OCH3 is 1. The third kappa shape index (κ3) is 2.64. The lowest BCUT2D eigenvalue weighted by molar-refractivity contribution is -0.236. The van der Waals surface area contributed by atoms with Gasteiger partial charge in [0.1, 0.15) is 6.10 Å². The smallest absolute Gasteiger partial charge is 0.188 e. The van der Waals surface area contributed by atoms with Crippen LogP contribution in [0.1, 0.15) is 20.8 Å². The first-order valence-electron chi connectivity index (χ1n) is 3.43. The molecule has 0 amide bonds. The second-order valence-electron chi connectivity index (χ2n) is 2.36. The van der Waals surface area contributed by atoms with Crippen LogP contribution in [0.2, 0.25) is 0 Å². The van der Waals surface area contributed by atoms with Crippen molar-refractivity contribution in [2.24, 2.45) is 0 Å². The van der Waals surface area contributed by atoms with Gasteiger partial charge in [-0.15, -0.1) is 0 Å². The molecule has 2 unspecified atom stereocenters. The highest BCUT2D eigenvalue weighted by Gasteiger charge is 2.27. The van der Waals surface area contributed by atoms with Crippen LogP contribution in [-0.4, -0.2) is 30.7 Å². The number of rotatable bonds is 4. The van der Waals surface area contributed by atoms with Crippen molar-refractivity contribution in [2.75, 3.05) is 13.7 Å². The number of hydrogen-bond donors (Lipinski definition) is 1. The molecule has 2 atom stereocenters. The molecule has 0 aromatic heterocycles. The Morgan fingerprint density at radius 3 is 2.40 bits per heavy atom. The molecule has 0 bridgehead atoms. The fraction of sp³-hybridized carbons (Fsp3) is 1.00. The molecule has 0 spiro atoms. The summed E-state index contributed by atoms with van der Waals surface area (Å²) in [5.74, 6) is -1.17. The van der Waals surface area contributed by atoms with Crippen molar-refractivity contribution in [3.05, 3.63) is 0 Å². The highest BCUT2D eigenvalue weighted by molar-refractivity contribution is 4.67. The first kappa shape index (κ1) is 9.88. The topological polar surface area (TPSA) is 38.7 Å². The van der Waals surface area contributed by atoms with Crippen LogP contribution in [0.5, 0.6) is 0 Å². The van der Waals surface area contributed by atoms with Crippen molar-refractivity contribution in [2.45, 2.75) is 32.7 Å². The Labute approximate surface area is 62.0 Å². The van der Waals surface area contributed by atoms with Crippen molar-refractivity contribution in [1.29, 1.82) is 0 Å². The number of aliphatic hydroxyl groups is 1. The van der Waals surface area contributed by atoms with Crippen LogP contribution in [0, 0.1) is 0 Å². The van der Waals surface area contributed by atoms with Crippen molar-refractivity contribution in [3.8, 4) is 0 Å². The third-order valence-corrected chi connectivity index (χ3v) is 1.58. The summed E-state index contributed by atoms with van der Waals surface area (Å²) in [6.45, 7) is 5.81. The van der Waals surface area contributed by atoms with Gasteiger partial charge in [-0.1, -0.05) is 0 Å². The molecule has 1 N–H and O–H groups in total. The van der Waals surface area contributed by atoms with Crippen molar-refractivity contribution < 1.29 is 14.6 Å². The van der Waals surface area contributed by atoms with Crippen LogP contribution in [0.3, 0.4) is 0 Å². The minimum absolute atomic E-state index is 0.289. The average molecular weight is 148 g/mol. The maximum Gasteiger partial charge on any atom is 0.188 e. The predicted molar refractivity (Wildman–Crippen MR) is 38.7 cm³/mol.